The van der Waals surface area contributed by atoms with Crippen LogP contribution in [0.1, 0.15) is 5.56 Å². The summed E-state index contributed by atoms with van der Waals surface area (Å²) in [4.78, 5) is 13.4. The van der Waals surface area contributed by atoms with E-state index in [4.69, 9.17) is 0 Å². The van der Waals surface area contributed by atoms with Crippen molar-refractivity contribution >= 4 is 143 Å². The summed E-state index contributed by atoms with van der Waals surface area (Å²) in [6.07, 6.45) is -4.75. The Morgan fingerprint density at radius 3 is 1.16 bits per heavy atom. The second kappa shape index (κ2) is 26.4. The number of nitrogens with zero attached hydrogens (tertiary/aromatic N) is 5. The van der Waals surface area contributed by atoms with Crippen LogP contribution in [0.15, 0.2) is 398 Å². The summed E-state index contributed by atoms with van der Waals surface area (Å²) in [5.41, 5.74) is 26.5. The molecule has 0 radical (unpaired) electrons. The van der Waals surface area contributed by atoms with Crippen molar-refractivity contribution in [3.8, 4) is 44.5 Å². The summed E-state index contributed by atoms with van der Waals surface area (Å²) in [6.45, 7) is -0.845. The van der Waals surface area contributed by atoms with Crippen molar-refractivity contribution in [3.05, 3.63) is 394 Å². The SMILES string of the molecule is FC(F)(F)c1ccccc1N1c2cc3c(cc2B2c4ccccc4N(c4ccccc4)c4cc(N(c5ccccc5)c5ccccc5)cc1c42)B1c2ccccc2N(c2c(-c4ccccc4)cccc2-c2ccccc2)c2cc(N(c4ccccc4)c4c(-c5ccccc5)cccc4-c4ccccc4)cc(c21)S3. The molecule has 4 heterocycles. The Balaban J connectivity index is 0.905. The first-order valence-corrected chi connectivity index (χ1v) is 37.3. The molecule has 4 aliphatic heterocycles. The molecule has 0 N–H and O–H groups in total. The van der Waals surface area contributed by atoms with Gasteiger partial charge in [0.05, 0.1) is 28.3 Å². The summed E-state index contributed by atoms with van der Waals surface area (Å²) < 4.78 is 49.7. The van der Waals surface area contributed by atoms with Gasteiger partial charge >= 0.3 is 6.18 Å². The van der Waals surface area contributed by atoms with E-state index < -0.39 is 18.5 Å². The minimum atomic E-state index is -4.75. The molecule has 0 fully saturated rings. The second-order valence-corrected chi connectivity index (χ2v) is 28.8. The van der Waals surface area contributed by atoms with Gasteiger partial charge in [0, 0.05) is 94.6 Å². The highest BCUT2D eigenvalue weighted by atomic mass is 32.2. The monoisotopic (exact) mass is 1410 g/mol. The van der Waals surface area contributed by atoms with Crippen LogP contribution in [0.5, 0.6) is 0 Å². The van der Waals surface area contributed by atoms with Crippen LogP contribution in [0, 0.1) is 0 Å². The molecule has 0 unspecified atom stereocenters. The maximum atomic E-state index is 16.6. The summed E-state index contributed by atoms with van der Waals surface area (Å²) in [5, 5.41) is 0. The molecule has 108 heavy (non-hydrogen) atoms. The Bertz CT molecular complexity index is 5970. The van der Waals surface area contributed by atoms with Gasteiger partial charge in [-0.2, -0.15) is 13.2 Å². The van der Waals surface area contributed by atoms with Crippen LogP contribution >= 0.6 is 11.8 Å². The number of anilines is 15. The smallest absolute Gasteiger partial charge is 0.311 e. The fourth-order valence-corrected chi connectivity index (χ4v) is 18.4. The van der Waals surface area contributed by atoms with Gasteiger partial charge in [0.1, 0.15) is 0 Å². The summed E-state index contributed by atoms with van der Waals surface area (Å²) in [5.74, 6) is 0. The Hall–Kier alpha value is -13.2. The number of rotatable bonds is 13. The predicted octanol–water partition coefficient (Wildman–Crippen LogP) is 23.2. The molecular formula is C97H64B2F3N5S. The van der Waals surface area contributed by atoms with Crippen molar-refractivity contribution in [1.82, 2.24) is 0 Å². The lowest BCUT2D eigenvalue weighted by atomic mass is 9.31. The number of hydrogen-bond acceptors (Lipinski definition) is 6. The topological polar surface area (TPSA) is 16.2 Å². The van der Waals surface area contributed by atoms with Gasteiger partial charge < -0.3 is 24.5 Å². The van der Waals surface area contributed by atoms with Crippen LogP contribution in [0.4, 0.5) is 98.5 Å². The van der Waals surface area contributed by atoms with Crippen LogP contribution in [0.3, 0.4) is 0 Å². The quantitative estimate of drug-likeness (QED) is 0.106. The maximum Gasteiger partial charge on any atom is 0.418 e. The predicted molar refractivity (Wildman–Crippen MR) is 446 cm³/mol. The number of fused-ring (bicyclic) bond motifs is 8. The van der Waals surface area contributed by atoms with Crippen molar-refractivity contribution < 1.29 is 13.2 Å². The summed E-state index contributed by atoms with van der Waals surface area (Å²) in [7, 11) is 0. The average molecular weight is 1410 g/mol. The Kier molecular flexibility index (Phi) is 15.8. The van der Waals surface area contributed by atoms with Gasteiger partial charge in [-0.15, -0.1) is 0 Å². The van der Waals surface area contributed by atoms with Gasteiger partial charge in [-0.1, -0.05) is 302 Å². The van der Waals surface area contributed by atoms with Crippen molar-refractivity contribution in [2.45, 2.75) is 16.0 Å². The van der Waals surface area contributed by atoms with Gasteiger partial charge in [-0.25, -0.2) is 0 Å². The molecular weight excluding hydrogens is 1350 g/mol. The molecule has 16 aromatic rings. The van der Waals surface area contributed by atoms with E-state index in [-0.39, 0.29) is 12.4 Å². The van der Waals surface area contributed by atoms with E-state index in [1.54, 1.807) is 23.9 Å². The van der Waals surface area contributed by atoms with E-state index in [1.807, 2.05) is 47.4 Å². The standard InChI is InChI=1S/C97H64B2F3N5S/c100-97(101,102)79-53-25-28-56-84(79)106-87-64-91-83(63-82(87)98-80-54-26-29-57-85(80)105(72-47-23-8-24-48-72)88-59-73(60-89(106)93(88)98)103(69-41-17-5-18-42-69)70-43-19-6-20-44-70)99-81-55-27-30-58-86(81)107(96-77(67-37-13-3-14-38-67)51-32-52-78(96)68-39-15-4-16-40-68)90-61-74(62-92(108-91)94(90)99)104(71-45-21-7-22-46-71)95-75(65-33-9-1-10-34-65)49-31-50-76(95)66-35-11-2-12-36-66/h1-64H. The second-order valence-electron chi connectivity index (χ2n) is 27.7. The van der Waals surface area contributed by atoms with Crippen LogP contribution in [-0.2, 0) is 6.18 Å². The number of para-hydroxylation sites is 9. The molecule has 510 valence electrons. The lowest BCUT2D eigenvalue weighted by Gasteiger charge is -2.46. The molecule has 5 nitrogen and oxygen atoms in total. The largest absolute Gasteiger partial charge is 0.418 e. The van der Waals surface area contributed by atoms with Gasteiger partial charge in [-0.3, -0.25) is 0 Å². The molecule has 20 rings (SSSR count). The van der Waals surface area contributed by atoms with E-state index in [1.165, 1.54) is 12.1 Å². The van der Waals surface area contributed by atoms with Crippen molar-refractivity contribution in [1.29, 1.82) is 0 Å². The first-order chi connectivity index (χ1) is 53.3. The molecule has 4 aliphatic rings. The third-order valence-electron chi connectivity index (χ3n) is 21.6. The van der Waals surface area contributed by atoms with Crippen molar-refractivity contribution in [2.24, 2.45) is 0 Å². The zero-order valence-corrected chi connectivity index (χ0v) is 59.2. The molecule has 0 atom stereocenters. The number of halogens is 3. The molecule has 0 bridgehead atoms. The zero-order valence-electron chi connectivity index (χ0n) is 58.4. The first-order valence-electron chi connectivity index (χ1n) is 36.5. The van der Waals surface area contributed by atoms with Crippen molar-refractivity contribution in [3.63, 3.8) is 0 Å². The number of alkyl halides is 3. The van der Waals surface area contributed by atoms with Crippen LogP contribution in [-0.4, -0.2) is 13.4 Å². The minimum Gasteiger partial charge on any atom is -0.311 e. The van der Waals surface area contributed by atoms with E-state index in [0.29, 0.717) is 11.4 Å². The number of hydrogen-bond donors (Lipinski definition) is 0. The van der Waals surface area contributed by atoms with Crippen LogP contribution < -0.4 is 57.3 Å². The van der Waals surface area contributed by atoms with E-state index >= 15 is 13.2 Å². The van der Waals surface area contributed by atoms with Crippen molar-refractivity contribution in [2.75, 3.05) is 24.5 Å². The van der Waals surface area contributed by atoms with Gasteiger partial charge in [0.25, 0.3) is 6.71 Å². The van der Waals surface area contributed by atoms with E-state index in [2.05, 4.69) is 341 Å². The lowest BCUT2D eigenvalue weighted by molar-refractivity contribution is -0.137. The highest BCUT2D eigenvalue weighted by Gasteiger charge is 2.49. The minimum absolute atomic E-state index is 0.0284. The zero-order chi connectivity index (χ0) is 72.0. The van der Waals surface area contributed by atoms with Gasteiger partial charge in [0.15, 0.2) is 0 Å². The third-order valence-corrected chi connectivity index (χ3v) is 22.8. The molecule has 0 saturated carbocycles. The molecule has 0 spiro atoms. The average Bonchev–Trinajstić information content (AvgIpc) is 0.683. The fraction of sp³-hybridized carbons (Fsp3) is 0.0103. The highest BCUT2D eigenvalue weighted by molar-refractivity contribution is 8.00. The Morgan fingerprint density at radius 2 is 0.648 bits per heavy atom. The third kappa shape index (κ3) is 10.7. The van der Waals surface area contributed by atoms with Gasteiger partial charge in [0.2, 0.25) is 6.71 Å². The lowest BCUT2D eigenvalue weighted by Crippen LogP contribution is -2.64. The number of benzene rings is 16. The highest BCUT2D eigenvalue weighted by Crippen LogP contribution is 2.56. The molecule has 0 aromatic heterocycles. The molecule has 16 aromatic carbocycles. The van der Waals surface area contributed by atoms with Crippen LogP contribution in [0.25, 0.3) is 44.5 Å². The van der Waals surface area contributed by atoms with Gasteiger partial charge in [-0.05, 0) is 153 Å². The normalized spacial score (nSPS) is 12.8. The molecule has 0 saturated heterocycles. The Labute approximate surface area is 631 Å². The van der Waals surface area contributed by atoms with E-state index in [0.717, 1.165) is 155 Å². The molecule has 0 amide bonds. The molecule has 0 aliphatic carbocycles. The fourth-order valence-electron chi connectivity index (χ4n) is 17.2. The summed E-state index contributed by atoms with van der Waals surface area (Å²) in [6, 6.07) is 135. The Morgan fingerprint density at radius 1 is 0.259 bits per heavy atom. The maximum absolute atomic E-state index is 16.6. The first kappa shape index (κ1) is 64.4. The molecule has 11 heteroatoms. The summed E-state index contributed by atoms with van der Waals surface area (Å²) >= 11 is 1.70. The van der Waals surface area contributed by atoms with E-state index in [9.17, 15) is 0 Å². The van der Waals surface area contributed by atoms with Crippen LogP contribution in [0.2, 0.25) is 0 Å².